The topological polar surface area (TPSA) is 68.4 Å². The second-order valence-electron chi connectivity index (χ2n) is 7.63. The third kappa shape index (κ3) is 4.70. The van der Waals surface area contributed by atoms with Gasteiger partial charge in [0, 0.05) is 48.8 Å². The van der Waals surface area contributed by atoms with Crippen molar-refractivity contribution in [2.24, 2.45) is 0 Å². The molecule has 7 heteroatoms. The standard InChI is InChI=1S/C21H29FN4O2/c1-4-14(2)23-20(27)13-25-7-9-26(10-8-25)21(28)12-17-15(3)24-19-6-5-16(22)11-18(17)19/h5-6,11,14,24H,4,7-10,12-13H2,1-3H3,(H,23,27). The molecule has 0 bridgehead atoms. The smallest absolute Gasteiger partial charge is 0.234 e. The van der Waals surface area contributed by atoms with Gasteiger partial charge in [0.05, 0.1) is 13.0 Å². The highest BCUT2D eigenvalue weighted by Gasteiger charge is 2.24. The third-order valence-corrected chi connectivity index (χ3v) is 5.52. The molecule has 152 valence electrons. The van der Waals surface area contributed by atoms with Gasteiger partial charge in [-0.05, 0) is 44.0 Å². The van der Waals surface area contributed by atoms with E-state index in [1.165, 1.54) is 12.1 Å². The first kappa shape index (κ1) is 20.3. The van der Waals surface area contributed by atoms with Crippen molar-refractivity contribution in [3.8, 4) is 0 Å². The van der Waals surface area contributed by atoms with E-state index in [9.17, 15) is 14.0 Å². The summed E-state index contributed by atoms with van der Waals surface area (Å²) in [5.41, 5.74) is 2.60. The van der Waals surface area contributed by atoms with Crippen LogP contribution >= 0.6 is 0 Å². The molecule has 0 spiro atoms. The average molecular weight is 388 g/mol. The lowest BCUT2D eigenvalue weighted by molar-refractivity contribution is -0.132. The lowest BCUT2D eigenvalue weighted by Gasteiger charge is -2.34. The molecular weight excluding hydrogens is 359 g/mol. The largest absolute Gasteiger partial charge is 0.358 e. The summed E-state index contributed by atoms with van der Waals surface area (Å²) in [6.07, 6.45) is 1.16. The van der Waals surface area contributed by atoms with E-state index in [1.54, 1.807) is 6.07 Å². The molecule has 1 unspecified atom stereocenters. The number of hydrogen-bond acceptors (Lipinski definition) is 3. The number of rotatable bonds is 6. The van der Waals surface area contributed by atoms with Crippen molar-refractivity contribution < 1.29 is 14.0 Å². The van der Waals surface area contributed by atoms with Crippen molar-refractivity contribution in [2.45, 2.75) is 39.7 Å². The van der Waals surface area contributed by atoms with Gasteiger partial charge in [-0.3, -0.25) is 14.5 Å². The predicted octanol–water partition coefficient (Wildman–Crippen LogP) is 2.22. The van der Waals surface area contributed by atoms with Crippen molar-refractivity contribution >= 4 is 22.7 Å². The van der Waals surface area contributed by atoms with Crippen LogP contribution in [0.3, 0.4) is 0 Å². The van der Waals surface area contributed by atoms with Gasteiger partial charge >= 0.3 is 0 Å². The number of nitrogens with zero attached hydrogens (tertiary/aromatic N) is 2. The van der Waals surface area contributed by atoms with Crippen molar-refractivity contribution in [3.63, 3.8) is 0 Å². The number of benzene rings is 1. The predicted molar refractivity (Wildman–Crippen MR) is 108 cm³/mol. The number of aromatic nitrogens is 1. The zero-order valence-corrected chi connectivity index (χ0v) is 16.8. The summed E-state index contributed by atoms with van der Waals surface area (Å²) in [6, 6.07) is 4.78. The fraction of sp³-hybridized carbons (Fsp3) is 0.524. The maximum absolute atomic E-state index is 13.6. The Labute approximate surface area is 165 Å². The third-order valence-electron chi connectivity index (χ3n) is 5.52. The Morgan fingerprint density at radius 2 is 1.96 bits per heavy atom. The number of fused-ring (bicyclic) bond motifs is 1. The maximum atomic E-state index is 13.6. The number of halogens is 1. The van der Waals surface area contributed by atoms with E-state index in [4.69, 9.17) is 0 Å². The van der Waals surface area contributed by atoms with Crippen LogP contribution in [0.25, 0.3) is 10.9 Å². The number of nitrogens with one attached hydrogen (secondary N) is 2. The lowest BCUT2D eigenvalue weighted by atomic mass is 10.1. The average Bonchev–Trinajstić information content (AvgIpc) is 2.97. The molecule has 28 heavy (non-hydrogen) atoms. The van der Waals surface area contributed by atoms with Crippen LogP contribution in [0.2, 0.25) is 0 Å². The SMILES string of the molecule is CCC(C)NC(=O)CN1CCN(C(=O)Cc2c(C)[nH]c3ccc(F)cc23)CC1. The first-order valence-electron chi connectivity index (χ1n) is 9.93. The van der Waals surface area contributed by atoms with Crippen LogP contribution < -0.4 is 5.32 Å². The monoisotopic (exact) mass is 388 g/mol. The summed E-state index contributed by atoms with van der Waals surface area (Å²) in [5, 5.41) is 3.74. The summed E-state index contributed by atoms with van der Waals surface area (Å²) in [5.74, 6) is -0.230. The number of H-pyrrole nitrogens is 1. The van der Waals surface area contributed by atoms with Gasteiger partial charge < -0.3 is 15.2 Å². The van der Waals surface area contributed by atoms with Crippen LogP contribution in [0.1, 0.15) is 31.5 Å². The van der Waals surface area contributed by atoms with Crippen molar-refractivity contribution in [2.75, 3.05) is 32.7 Å². The maximum Gasteiger partial charge on any atom is 0.234 e. The van der Waals surface area contributed by atoms with E-state index in [0.717, 1.165) is 28.6 Å². The molecule has 2 heterocycles. The second kappa shape index (κ2) is 8.73. The normalized spacial score (nSPS) is 16.4. The van der Waals surface area contributed by atoms with Crippen LogP contribution in [0.5, 0.6) is 0 Å². The van der Waals surface area contributed by atoms with E-state index in [2.05, 4.69) is 15.2 Å². The molecule has 1 aliphatic rings. The minimum Gasteiger partial charge on any atom is -0.358 e. The number of aryl methyl sites for hydroxylation is 1. The molecule has 2 amide bonds. The van der Waals surface area contributed by atoms with E-state index >= 15 is 0 Å². The molecule has 6 nitrogen and oxygen atoms in total. The van der Waals surface area contributed by atoms with Gasteiger partial charge in [0.15, 0.2) is 0 Å². The van der Waals surface area contributed by atoms with Crippen molar-refractivity contribution in [1.82, 2.24) is 20.1 Å². The molecule has 1 fully saturated rings. The van der Waals surface area contributed by atoms with Crippen molar-refractivity contribution in [1.29, 1.82) is 0 Å². The van der Waals surface area contributed by atoms with E-state index in [1.807, 2.05) is 25.7 Å². The molecule has 3 rings (SSSR count). The quantitative estimate of drug-likeness (QED) is 0.797. The molecule has 1 aromatic heterocycles. The molecule has 2 N–H and O–H groups in total. The van der Waals surface area contributed by atoms with Crippen LogP contribution in [0, 0.1) is 12.7 Å². The Kier molecular flexibility index (Phi) is 6.34. The first-order valence-corrected chi connectivity index (χ1v) is 9.93. The van der Waals surface area contributed by atoms with Crippen molar-refractivity contribution in [3.05, 3.63) is 35.3 Å². The van der Waals surface area contributed by atoms with Gasteiger partial charge in [0.25, 0.3) is 0 Å². The molecule has 1 saturated heterocycles. The summed E-state index contributed by atoms with van der Waals surface area (Å²) < 4.78 is 13.6. The molecule has 1 aromatic carbocycles. The van der Waals surface area contributed by atoms with Crippen LogP contribution in [-0.4, -0.2) is 65.4 Å². The Morgan fingerprint density at radius 3 is 2.64 bits per heavy atom. The minimum absolute atomic E-state index is 0.0329. The zero-order valence-electron chi connectivity index (χ0n) is 16.8. The molecule has 0 saturated carbocycles. The second-order valence-corrected chi connectivity index (χ2v) is 7.63. The molecule has 1 atom stereocenters. The minimum atomic E-state index is -0.301. The van der Waals surface area contributed by atoms with Gasteiger partial charge in [0.2, 0.25) is 11.8 Å². The number of carbonyl (C=O) groups excluding carboxylic acids is 2. The molecular formula is C21H29FN4O2. The Balaban J connectivity index is 1.55. The molecule has 2 aromatic rings. The van der Waals surface area contributed by atoms with Crippen LogP contribution in [0.4, 0.5) is 4.39 Å². The number of amides is 2. The number of aromatic amines is 1. The molecule has 1 aliphatic heterocycles. The highest BCUT2D eigenvalue weighted by atomic mass is 19.1. The Bertz CT molecular complexity index is 855. The van der Waals surface area contributed by atoms with E-state index < -0.39 is 0 Å². The molecule has 0 aliphatic carbocycles. The fourth-order valence-electron chi connectivity index (χ4n) is 3.63. The van der Waals surface area contributed by atoms with E-state index in [-0.39, 0.29) is 30.1 Å². The highest BCUT2D eigenvalue weighted by molar-refractivity contribution is 5.90. The summed E-state index contributed by atoms with van der Waals surface area (Å²) in [7, 11) is 0. The van der Waals surface area contributed by atoms with E-state index in [0.29, 0.717) is 32.7 Å². The highest BCUT2D eigenvalue weighted by Crippen LogP contribution is 2.24. The van der Waals surface area contributed by atoms with Gasteiger partial charge in [0.1, 0.15) is 5.82 Å². The van der Waals surface area contributed by atoms with Gasteiger partial charge in [-0.1, -0.05) is 6.92 Å². The van der Waals surface area contributed by atoms with Crippen LogP contribution in [-0.2, 0) is 16.0 Å². The summed E-state index contributed by atoms with van der Waals surface area (Å²) >= 11 is 0. The van der Waals surface area contributed by atoms with Crippen LogP contribution in [0.15, 0.2) is 18.2 Å². The van der Waals surface area contributed by atoms with Gasteiger partial charge in [-0.15, -0.1) is 0 Å². The first-order chi connectivity index (χ1) is 13.4. The Morgan fingerprint density at radius 1 is 1.25 bits per heavy atom. The van der Waals surface area contributed by atoms with Gasteiger partial charge in [-0.25, -0.2) is 4.39 Å². The number of carbonyl (C=O) groups is 2. The van der Waals surface area contributed by atoms with Gasteiger partial charge in [-0.2, -0.15) is 0 Å². The number of hydrogen-bond donors (Lipinski definition) is 2. The summed E-state index contributed by atoms with van der Waals surface area (Å²) in [4.78, 5) is 31.9. The molecule has 0 radical (unpaired) electrons. The lowest BCUT2D eigenvalue weighted by Crippen LogP contribution is -2.52. The summed E-state index contributed by atoms with van der Waals surface area (Å²) in [6.45, 7) is 8.88. The zero-order chi connectivity index (χ0) is 20.3. The Hall–Kier alpha value is -2.41. The number of piperazine rings is 1. The fourth-order valence-corrected chi connectivity index (χ4v) is 3.63.